The molecule has 0 amide bonds. The van der Waals surface area contributed by atoms with E-state index in [0.29, 0.717) is 0 Å². The van der Waals surface area contributed by atoms with Crippen molar-refractivity contribution in [1.82, 2.24) is 5.53 Å². The van der Waals surface area contributed by atoms with Gasteiger partial charge in [0, 0.05) is 0 Å². The molecule has 76 valence electrons. The molecular weight excluding hydrogens is 186 g/mol. The summed E-state index contributed by atoms with van der Waals surface area (Å²) < 4.78 is 0. The van der Waals surface area contributed by atoms with E-state index in [4.69, 9.17) is 5.84 Å². The van der Waals surface area contributed by atoms with E-state index in [2.05, 4.69) is 5.53 Å². The minimum absolute atomic E-state index is 1.01. The standard InChI is InChI=1S/C12H13N3/c13-14-15(11-7-3-1-4-8-11)12-9-5-2-6-10-12/h1-10,14H,13H2. The fourth-order valence-corrected chi connectivity index (χ4v) is 1.45. The normalized spacial score (nSPS) is 9.93. The molecular formula is C12H13N3. The molecule has 0 saturated carbocycles. The van der Waals surface area contributed by atoms with Crippen LogP contribution in [-0.4, -0.2) is 0 Å². The zero-order valence-corrected chi connectivity index (χ0v) is 8.30. The van der Waals surface area contributed by atoms with Crippen LogP contribution in [0.1, 0.15) is 0 Å². The first-order valence-corrected chi connectivity index (χ1v) is 4.78. The van der Waals surface area contributed by atoms with E-state index in [1.54, 1.807) is 0 Å². The fourth-order valence-electron chi connectivity index (χ4n) is 1.45. The number of para-hydroxylation sites is 2. The summed E-state index contributed by atoms with van der Waals surface area (Å²) in [6.45, 7) is 0. The molecule has 0 aliphatic carbocycles. The number of hydrogen-bond acceptors (Lipinski definition) is 3. The van der Waals surface area contributed by atoms with E-state index in [1.807, 2.05) is 65.7 Å². The van der Waals surface area contributed by atoms with Gasteiger partial charge in [-0.05, 0) is 24.3 Å². The van der Waals surface area contributed by atoms with Crippen LogP contribution in [-0.2, 0) is 0 Å². The molecule has 0 unspecified atom stereocenters. The van der Waals surface area contributed by atoms with Crippen molar-refractivity contribution in [3.05, 3.63) is 60.7 Å². The third kappa shape index (κ3) is 2.15. The molecule has 15 heavy (non-hydrogen) atoms. The van der Waals surface area contributed by atoms with Gasteiger partial charge in [0.15, 0.2) is 0 Å². The number of anilines is 2. The number of rotatable bonds is 3. The summed E-state index contributed by atoms with van der Waals surface area (Å²) in [5, 5.41) is 1.82. The predicted octanol–water partition coefficient (Wildman–Crippen LogP) is 2.20. The largest absolute Gasteiger partial charge is 0.264 e. The van der Waals surface area contributed by atoms with Crippen LogP contribution in [0.5, 0.6) is 0 Å². The molecule has 0 bridgehead atoms. The highest BCUT2D eigenvalue weighted by molar-refractivity contribution is 5.61. The molecule has 0 spiro atoms. The zero-order valence-electron chi connectivity index (χ0n) is 8.30. The van der Waals surface area contributed by atoms with Gasteiger partial charge in [-0.1, -0.05) is 36.4 Å². The van der Waals surface area contributed by atoms with Crippen LogP contribution in [0, 0.1) is 0 Å². The van der Waals surface area contributed by atoms with Gasteiger partial charge in [-0.25, -0.2) is 0 Å². The number of nitrogens with zero attached hydrogens (tertiary/aromatic N) is 1. The van der Waals surface area contributed by atoms with Gasteiger partial charge < -0.3 is 0 Å². The molecule has 3 nitrogen and oxygen atoms in total. The lowest BCUT2D eigenvalue weighted by molar-refractivity contribution is 0.757. The van der Waals surface area contributed by atoms with Crippen LogP contribution >= 0.6 is 0 Å². The topological polar surface area (TPSA) is 41.3 Å². The Morgan fingerprint density at radius 1 is 0.733 bits per heavy atom. The number of hydrogen-bond donors (Lipinski definition) is 2. The monoisotopic (exact) mass is 199 g/mol. The molecule has 0 aliphatic heterocycles. The Balaban J connectivity index is 2.34. The van der Waals surface area contributed by atoms with Crippen molar-refractivity contribution in [2.45, 2.75) is 0 Å². The summed E-state index contributed by atoms with van der Waals surface area (Å²) in [4.78, 5) is 0. The van der Waals surface area contributed by atoms with Crippen LogP contribution in [0.25, 0.3) is 0 Å². The molecule has 0 radical (unpaired) electrons. The molecule has 0 aliphatic rings. The molecule has 3 N–H and O–H groups in total. The Morgan fingerprint density at radius 2 is 1.13 bits per heavy atom. The highest BCUT2D eigenvalue weighted by Gasteiger charge is 2.04. The second kappa shape index (κ2) is 4.59. The van der Waals surface area contributed by atoms with Crippen LogP contribution in [0.3, 0.4) is 0 Å². The van der Waals surface area contributed by atoms with Gasteiger partial charge in [0.2, 0.25) is 0 Å². The average molecular weight is 199 g/mol. The molecule has 2 rings (SSSR count). The lowest BCUT2D eigenvalue weighted by atomic mass is 10.2. The zero-order chi connectivity index (χ0) is 10.5. The molecule has 2 aromatic carbocycles. The third-order valence-corrected chi connectivity index (χ3v) is 2.16. The smallest absolute Gasteiger partial charge is 0.0591 e. The minimum atomic E-state index is 1.01. The first-order chi connectivity index (χ1) is 7.42. The maximum atomic E-state index is 5.51. The van der Waals surface area contributed by atoms with Crippen molar-refractivity contribution in [3.8, 4) is 0 Å². The number of nitrogens with one attached hydrogen (secondary N) is 1. The summed E-state index contributed by atoms with van der Waals surface area (Å²) in [6, 6.07) is 19.8. The summed E-state index contributed by atoms with van der Waals surface area (Å²) in [5.41, 5.74) is 4.68. The van der Waals surface area contributed by atoms with Gasteiger partial charge in [0.25, 0.3) is 0 Å². The predicted molar refractivity (Wildman–Crippen MR) is 62.3 cm³/mol. The Kier molecular flexibility index (Phi) is 2.97. The summed E-state index contributed by atoms with van der Waals surface area (Å²) >= 11 is 0. The Labute approximate surface area is 89.1 Å². The molecule has 0 fully saturated rings. The average Bonchev–Trinajstić information content (AvgIpc) is 2.33. The number of nitrogens with two attached hydrogens (primary N) is 1. The van der Waals surface area contributed by atoms with E-state index < -0.39 is 0 Å². The molecule has 2 aromatic rings. The second-order valence-electron chi connectivity index (χ2n) is 3.14. The second-order valence-corrected chi connectivity index (χ2v) is 3.14. The van der Waals surface area contributed by atoms with Crippen molar-refractivity contribution in [2.75, 3.05) is 5.01 Å². The van der Waals surface area contributed by atoms with Crippen LogP contribution in [0.15, 0.2) is 60.7 Å². The quantitative estimate of drug-likeness (QED) is 0.588. The minimum Gasteiger partial charge on any atom is -0.264 e. The van der Waals surface area contributed by atoms with Gasteiger partial charge in [0.1, 0.15) is 0 Å². The van der Waals surface area contributed by atoms with E-state index in [-0.39, 0.29) is 0 Å². The maximum absolute atomic E-state index is 5.51. The van der Waals surface area contributed by atoms with Crippen LogP contribution < -0.4 is 16.4 Å². The molecule has 3 heteroatoms. The van der Waals surface area contributed by atoms with Gasteiger partial charge >= 0.3 is 0 Å². The highest BCUT2D eigenvalue weighted by Crippen LogP contribution is 2.21. The van der Waals surface area contributed by atoms with Crippen molar-refractivity contribution in [3.63, 3.8) is 0 Å². The molecule has 0 heterocycles. The van der Waals surface area contributed by atoms with Crippen molar-refractivity contribution in [2.24, 2.45) is 5.84 Å². The van der Waals surface area contributed by atoms with Crippen molar-refractivity contribution < 1.29 is 0 Å². The number of benzene rings is 2. The van der Waals surface area contributed by atoms with E-state index in [1.165, 1.54) is 0 Å². The SMILES string of the molecule is NNN(c1ccccc1)c1ccccc1. The molecule has 0 aromatic heterocycles. The third-order valence-electron chi connectivity index (χ3n) is 2.16. The van der Waals surface area contributed by atoms with Crippen LogP contribution in [0.4, 0.5) is 11.4 Å². The van der Waals surface area contributed by atoms with Crippen molar-refractivity contribution in [1.29, 1.82) is 0 Å². The first kappa shape index (κ1) is 9.71. The maximum Gasteiger partial charge on any atom is 0.0591 e. The lowest BCUT2D eigenvalue weighted by Crippen LogP contribution is -2.39. The van der Waals surface area contributed by atoms with E-state index in [9.17, 15) is 0 Å². The van der Waals surface area contributed by atoms with Gasteiger partial charge in [0.05, 0.1) is 11.4 Å². The summed E-state index contributed by atoms with van der Waals surface area (Å²) in [5.74, 6) is 5.51. The number of hydrazine groups is 2. The van der Waals surface area contributed by atoms with E-state index >= 15 is 0 Å². The Bertz CT molecular complexity index is 360. The first-order valence-electron chi connectivity index (χ1n) is 4.78. The van der Waals surface area contributed by atoms with Crippen LogP contribution in [0.2, 0.25) is 0 Å². The van der Waals surface area contributed by atoms with Gasteiger partial charge in [-0.3, -0.25) is 10.9 Å². The molecule has 0 saturated heterocycles. The lowest BCUT2D eigenvalue weighted by Gasteiger charge is -2.22. The Hall–Kier alpha value is -1.84. The molecule has 0 atom stereocenters. The van der Waals surface area contributed by atoms with E-state index in [0.717, 1.165) is 11.4 Å². The summed E-state index contributed by atoms with van der Waals surface area (Å²) in [7, 11) is 0. The van der Waals surface area contributed by atoms with Gasteiger partial charge in [-0.15, -0.1) is 0 Å². The Morgan fingerprint density at radius 3 is 1.47 bits per heavy atom. The van der Waals surface area contributed by atoms with Gasteiger partial charge in [-0.2, -0.15) is 5.53 Å². The summed E-state index contributed by atoms with van der Waals surface area (Å²) in [6.07, 6.45) is 0. The van der Waals surface area contributed by atoms with Crippen molar-refractivity contribution >= 4 is 11.4 Å². The highest BCUT2D eigenvalue weighted by atomic mass is 15.6. The fraction of sp³-hybridized carbons (Fsp3) is 0.